The number of methoxy groups -OCH3 is 1. The maximum atomic E-state index is 14.1. The molecule has 0 radical (unpaired) electrons. The van der Waals surface area contributed by atoms with Gasteiger partial charge in [-0.15, -0.1) is 0 Å². The molecule has 234 valence electrons. The Bertz CT molecular complexity index is 1620. The van der Waals surface area contributed by atoms with Crippen molar-refractivity contribution in [2.75, 3.05) is 26.8 Å². The van der Waals surface area contributed by atoms with Crippen LogP contribution in [0.15, 0.2) is 63.3 Å². The molecule has 4 rings (SSSR count). The smallest absolute Gasteiger partial charge is 0.349 e. The maximum Gasteiger partial charge on any atom is 0.349 e. The summed E-state index contributed by atoms with van der Waals surface area (Å²) in [4.78, 5) is 53.1. The number of carbonyl (C=O) groups excluding carboxylic acids is 3. The molecule has 2 amide bonds. The third-order valence-corrected chi connectivity index (χ3v) is 8.14. The Morgan fingerprint density at radius 3 is 2.66 bits per heavy atom. The zero-order valence-electron chi connectivity index (χ0n) is 24.6. The Balaban J connectivity index is 1.78. The normalized spacial score (nSPS) is 18.1. The summed E-state index contributed by atoms with van der Waals surface area (Å²) >= 11 is 1.98. The molecule has 0 fully saturated rings. The SMILES string of the molecule is COc1cc(C=O)cc(I)c1OC1C=C(C(=O)NCCO)CC(N(CCC(C)C)C(=O)c2cc3ccccc3oc2=O)C1O. The van der Waals surface area contributed by atoms with Crippen molar-refractivity contribution in [2.24, 2.45) is 5.92 Å². The summed E-state index contributed by atoms with van der Waals surface area (Å²) in [5.74, 6) is -0.480. The first-order valence-corrected chi connectivity index (χ1v) is 15.3. The van der Waals surface area contributed by atoms with Crippen LogP contribution in [0.25, 0.3) is 11.0 Å². The van der Waals surface area contributed by atoms with Crippen molar-refractivity contribution in [1.82, 2.24) is 10.2 Å². The highest BCUT2D eigenvalue weighted by Gasteiger charge is 2.41. The van der Waals surface area contributed by atoms with E-state index < -0.39 is 35.7 Å². The van der Waals surface area contributed by atoms with Gasteiger partial charge >= 0.3 is 5.63 Å². The van der Waals surface area contributed by atoms with E-state index in [0.29, 0.717) is 32.8 Å². The monoisotopic (exact) mass is 718 g/mol. The predicted molar refractivity (Wildman–Crippen MR) is 171 cm³/mol. The Morgan fingerprint density at radius 1 is 1.23 bits per heavy atom. The van der Waals surface area contributed by atoms with E-state index in [4.69, 9.17) is 13.9 Å². The van der Waals surface area contributed by atoms with Crippen LogP contribution in [0.1, 0.15) is 47.4 Å². The summed E-state index contributed by atoms with van der Waals surface area (Å²) in [5.41, 5.74) is -0.0834. The van der Waals surface area contributed by atoms with Gasteiger partial charge in [-0.2, -0.15) is 0 Å². The first-order valence-electron chi connectivity index (χ1n) is 14.2. The molecular formula is C32H35IN2O9. The molecule has 1 aromatic heterocycles. The molecule has 0 bridgehead atoms. The number of aliphatic hydroxyl groups is 2. The molecule has 0 spiro atoms. The summed E-state index contributed by atoms with van der Waals surface area (Å²) in [6.07, 6.45) is 0.194. The third kappa shape index (κ3) is 7.48. The van der Waals surface area contributed by atoms with Crippen LogP contribution in [-0.4, -0.2) is 78.3 Å². The molecule has 1 heterocycles. The van der Waals surface area contributed by atoms with Gasteiger partial charge in [0.15, 0.2) is 11.5 Å². The molecule has 2 aromatic carbocycles. The lowest BCUT2D eigenvalue weighted by Crippen LogP contribution is -2.56. The van der Waals surface area contributed by atoms with Gasteiger partial charge in [-0.1, -0.05) is 32.0 Å². The third-order valence-electron chi connectivity index (χ3n) is 7.34. The molecule has 3 unspecified atom stereocenters. The number of benzene rings is 2. The fraction of sp³-hybridized carbons (Fsp3) is 0.375. The van der Waals surface area contributed by atoms with Crippen LogP contribution in [0.5, 0.6) is 11.5 Å². The van der Waals surface area contributed by atoms with Gasteiger partial charge < -0.3 is 34.3 Å². The van der Waals surface area contributed by atoms with E-state index in [1.165, 1.54) is 30.2 Å². The Labute approximate surface area is 268 Å². The molecule has 0 saturated heterocycles. The van der Waals surface area contributed by atoms with Gasteiger partial charge in [0.1, 0.15) is 29.6 Å². The first-order chi connectivity index (χ1) is 21.1. The summed E-state index contributed by atoms with van der Waals surface area (Å²) < 4.78 is 17.7. The van der Waals surface area contributed by atoms with Crippen molar-refractivity contribution in [3.05, 3.63) is 79.2 Å². The Hall–Kier alpha value is -3.75. The number of aldehydes is 1. The van der Waals surface area contributed by atoms with Crippen LogP contribution in [0, 0.1) is 9.49 Å². The molecule has 1 aliphatic rings. The van der Waals surface area contributed by atoms with E-state index in [2.05, 4.69) is 5.32 Å². The number of hydrogen-bond acceptors (Lipinski definition) is 9. The van der Waals surface area contributed by atoms with Crippen molar-refractivity contribution in [1.29, 1.82) is 0 Å². The lowest BCUT2D eigenvalue weighted by molar-refractivity contribution is -0.118. The van der Waals surface area contributed by atoms with E-state index in [0.717, 1.165) is 0 Å². The molecular weight excluding hydrogens is 683 g/mol. The van der Waals surface area contributed by atoms with Gasteiger partial charge in [-0.05, 0) is 65.3 Å². The van der Waals surface area contributed by atoms with Gasteiger partial charge in [-0.25, -0.2) is 4.79 Å². The topological polar surface area (TPSA) is 156 Å². The van der Waals surface area contributed by atoms with Crippen LogP contribution in [0.3, 0.4) is 0 Å². The fourth-order valence-electron chi connectivity index (χ4n) is 5.02. The second kappa shape index (κ2) is 14.8. The first kappa shape index (κ1) is 33.1. The summed E-state index contributed by atoms with van der Waals surface area (Å²) in [5, 5.41) is 24.2. The minimum atomic E-state index is -1.33. The van der Waals surface area contributed by atoms with E-state index >= 15 is 0 Å². The predicted octanol–water partition coefficient (Wildman–Crippen LogP) is 3.32. The highest BCUT2D eigenvalue weighted by atomic mass is 127. The Kier molecular flexibility index (Phi) is 11.2. The van der Waals surface area contributed by atoms with Crippen LogP contribution in [0.4, 0.5) is 0 Å². The zero-order chi connectivity index (χ0) is 32.0. The average Bonchev–Trinajstić information content (AvgIpc) is 3.01. The van der Waals surface area contributed by atoms with Crippen molar-refractivity contribution in [3.8, 4) is 11.5 Å². The van der Waals surface area contributed by atoms with Crippen LogP contribution >= 0.6 is 22.6 Å². The van der Waals surface area contributed by atoms with Crippen molar-refractivity contribution >= 4 is 51.7 Å². The molecule has 0 saturated carbocycles. The number of fused-ring (bicyclic) bond motifs is 1. The number of rotatable bonds is 12. The van der Waals surface area contributed by atoms with Crippen molar-refractivity contribution < 1.29 is 38.5 Å². The molecule has 11 nitrogen and oxygen atoms in total. The largest absolute Gasteiger partial charge is 0.493 e. The number of aliphatic hydroxyl groups excluding tert-OH is 2. The number of hydrogen-bond donors (Lipinski definition) is 3. The number of para-hydroxylation sites is 1. The van der Waals surface area contributed by atoms with Crippen molar-refractivity contribution in [3.63, 3.8) is 0 Å². The van der Waals surface area contributed by atoms with E-state index in [1.807, 2.05) is 36.4 Å². The van der Waals surface area contributed by atoms with Crippen LogP contribution in [-0.2, 0) is 4.79 Å². The number of ether oxygens (including phenoxy) is 2. The molecule has 3 N–H and O–H groups in total. The van der Waals surface area contributed by atoms with E-state index in [-0.39, 0.29) is 54.7 Å². The highest BCUT2D eigenvalue weighted by molar-refractivity contribution is 14.1. The van der Waals surface area contributed by atoms with E-state index in [1.54, 1.807) is 30.3 Å². The summed E-state index contributed by atoms with van der Waals surface area (Å²) in [7, 11) is 1.41. The second-order valence-electron chi connectivity index (χ2n) is 10.8. The van der Waals surface area contributed by atoms with Gasteiger partial charge in [0.2, 0.25) is 5.91 Å². The van der Waals surface area contributed by atoms with Gasteiger partial charge in [-0.3, -0.25) is 14.4 Å². The van der Waals surface area contributed by atoms with Crippen LogP contribution in [0.2, 0.25) is 0 Å². The molecule has 12 heteroatoms. The highest BCUT2D eigenvalue weighted by Crippen LogP contribution is 2.37. The van der Waals surface area contributed by atoms with Crippen molar-refractivity contribution in [2.45, 2.75) is 44.9 Å². The standard InChI is InChI=1S/C32H35IN2O9/c1-18(2)8-10-35(31(40)22-14-20-6-4-5-7-25(20)44-32(22)41)24-15-21(30(39)34-9-11-36)16-26(28(24)38)43-29-23(33)12-19(17-37)13-27(29)42-3/h4-7,12-14,16-18,24,26,28,36,38H,8-11,15H2,1-3H3,(H,34,39). The molecule has 3 atom stereocenters. The fourth-order valence-corrected chi connectivity index (χ4v) is 5.77. The Morgan fingerprint density at radius 2 is 1.98 bits per heavy atom. The van der Waals surface area contributed by atoms with Gasteiger partial charge in [0, 0.05) is 36.0 Å². The molecule has 44 heavy (non-hydrogen) atoms. The minimum Gasteiger partial charge on any atom is -0.493 e. The summed E-state index contributed by atoms with van der Waals surface area (Å²) in [6.45, 7) is 3.88. The maximum absolute atomic E-state index is 14.1. The van der Waals surface area contributed by atoms with Crippen LogP contribution < -0.4 is 20.4 Å². The number of carbonyl (C=O) groups is 3. The average molecular weight is 719 g/mol. The van der Waals surface area contributed by atoms with Gasteiger partial charge in [0.25, 0.3) is 5.91 Å². The van der Waals surface area contributed by atoms with Gasteiger partial charge in [0.05, 0.1) is 23.3 Å². The van der Waals surface area contributed by atoms with E-state index in [9.17, 15) is 29.4 Å². The number of nitrogens with one attached hydrogen (secondary N) is 1. The molecule has 1 aliphatic carbocycles. The molecule has 3 aromatic rings. The summed E-state index contributed by atoms with van der Waals surface area (Å²) in [6, 6.07) is 10.4. The zero-order valence-corrected chi connectivity index (χ0v) is 26.8. The number of nitrogens with zero attached hydrogens (tertiary/aromatic N) is 1. The lowest BCUT2D eigenvalue weighted by atomic mass is 9.87. The lowest BCUT2D eigenvalue weighted by Gasteiger charge is -2.40. The number of halogens is 1. The minimum absolute atomic E-state index is 0.00191. The quantitative estimate of drug-likeness (QED) is 0.145. The number of amides is 2. The molecule has 0 aliphatic heterocycles. The second-order valence-corrected chi connectivity index (χ2v) is 12.0.